The third-order valence-corrected chi connectivity index (χ3v) is 4.37. The topological polar surface area (TPSA) is 72.0 Å². The molecular formula is C10H19N3O2S2. The summed E-state index contributed by atoms with van der Waals surface area (Å²) in [7, 11) is -1.09. The van der Waals surface area contributed by atoms with Crippen LogP contribution < -0.4 is 5.32 Å². The molecule has 0 spiro atoms. The number of hydrogen-bond acceptors (Lipinski definition) is 6. The van der Waals surface area contributed by atoms with Crippen LogP contribution >= 0.6 is 11.5 Å². The molecule has 0 aliphatic rings. The van der Waals surface area contributed by atoms with Gasteiger partial charge in [-0.25, -0.2) is 8.42 Å². The fourth-order valence-electron chi connectivity index (χ4n) is 1.63. The van der Waals surface area contributed by atoms with Crippen molar-refractivity contribution in [1.29, 1.82) is 0 Å². The van der Waals surface area contributed by atoms with Crippen molar-refractivity contribution in [2.24, 2.45) is 0 Å². The Labute approximate surface area is 107 Å². The van der Waals surface area contributed by atoms with Crippen LogP contribution in [0.4, 0.5) is 0 Å². The van der Waals surface area contributed by atoms with Gasteiger partial charge < -0.3 is 5.32 Å². The quantitative estimate of drug-likeness (QED) is 0.810. The molecule has 0 amide bonds. The SMILES string of the molecule is CCCc1nnsc1C(CCS(C)(=O)=O)NC. The largest absolute Gasteiger partial charge is 0.312 e. The Morgan fingerprint density at radius 2 is 2.18 bits per heavy atom. The fraction of sp³-hybridized carbons (Fsp3) is 0.800. The minimum Gasteiger partial charge on any atom is -0.312 e. The second-order valence-corrected chi connectivity index (χ2v) is 7.14. The van der Waals surface area contributed by atoms with E-state index in [0.717, 1.165) is 23.4 Å². The van der Waals surface area contributed by atoms with Gasteiger partial charge in [-0.05, 0) is 31.4 Å². The van der Waals surface area contributed by atoms with Crippen molar-refractivity contribution in [3.8, 4) is 0 Å². The highest BCUT2D eigenvalue weighted by Gasteiger charge is 2.18. The van der Waals surface area contributed by atoms with E-state index in [0.29, 0.717) is 6.42 Å². The van der Waals surface area contributed by atoms with Crippen LogP contribution in [0.5, 0.6) is 0 Å². The van der Waals surface area contributed by atoms with Gasteiger partial charge in [-0.15, -0.1) is 5.10 Å². The Hall–Kier alpha value is -0.530. The van der Waals surface area contributed by atoms with E-state index in [4.69, 9.17) is 0 Å². The molecule has 1 heterocycles. The van der Waals surface area contributed by atoms with Crippen LogP contribution in [0.3, 0.4) is 0 Å². The molecule has 0 saturated heterocycles. The van der Waals surface area contributed by atoms with Crippen LogP contribution in [-0.4, -0.2) is 37.1 Å². The Bertz CT molecular complexity index is 442. The molecular weight excluding hydrogens is 258 g/mol. The van der Waals surface area contributed by atoms with Crippen LogP contribution in [-0.2, 0) is 16.3 Å². The lowest BCUT2D eigenvalue weighted by atomic mass is 10.1. The van der Waals surface area contributed by atoms with Gasteiger partial charge in [-0.2, -0.15) is 0 Å². The van der Waals surface area contributed by atoms with Gasteiger partial charge in [0.25, 0.3) is 0 Å². The fourth-order valence-corrected chi connectivity index (χ4v) is 3.13. The first-order valence-corrected chi connectivity index (χ1v) is 8.47. The molecule has 0 aliphatic heterocycles. The highest BCUT2D eigenvalue weighted by Crippen LogP contribution is 2.24. The monoisotopic (exact) mass is 277 g/mol. The first-order valence-electron chi connectivity index (χ1n) is 5.64. The zero-order chi connectivity index (χ0) is 12.9. The molecule has 0 bridgehead atoms. The molecule has 7 heteroatoms. The Morgan fingerprint density at radius 1 is 1.47 bits per heavy atom. The Morgan fingerprint density at radius 3 is 2.71 bits per heavy atom. The first-order chi connectivity index (χ1) is 7.98. The highest BCUT2D eigenvalue weighted by atomic mass is 32.2. The maximum Gasteiger partial charge on any atom is 0.147 e. The molecule has 0 aromatic carbocycles. The molecule has 0 aliphatic carbocycles. The smallest absolute Gasteiger partial charge is 0.147 e. The highest BCUT2D eigenvalue weighted by molar-refractivity contribution is 7.90. The van der Waals surface area contributed by atoms with E-state index in [-0.39, 0.29) is 11.8 Å². The van der Waals surface area contributed by atoms with Crippen LogP contribution in [0.25, 0.3) is 0 Å². The number of sulfone groups is 1. The van der Waals surface area contributed by atoms with Gasteiger partial charge in [-0.3, -0.25) is 0 Å². The number of nitrogens with zero attached hydrogens (tertiary/aromatic N) is 2. The second kappa shape index (κ2) is 6.42. The molecule has 1 unspecified atom stereocenters. The van der Waals surface area contributed by atoms with E-state index in [1.807, 2.05) is 7.05 Å². The summed E-state index contributed by atoms with van der Waals surface area (Å²) in [4.78, 5) is 1.07. The van der Waals surface area contributed by atoms with E-state index >= 15 is 0 Å². The standard InChI is InChI=1S/C10H19N3O2S2/c1-4-5-9-10(16-13-12-9)8(11-2)6-7-17(3,14)15/h8,11H,4-7H2,1-3H3. The summed E-state index contributed by atoms with van der Waals surface area (Å²) < 4.78 is 26.3. The van der Waals surface area contributed by atoms with Crippen molar-refractivity contribution in [2.75, 3.05) is 19.1 Å². The number of aromatic nitrogens is 2. The van der Waals surface area contributed by atoms with Gasteiger partial charge in [0.05, 0.1) is 16.3 Å². The molecule has 98 valence electrons. The lowest BCUT2D eigenvalue weighted by Crippen LogP contribution is -2.20. The summed E-state index contributed by atoms with van der Waals surface area (Å²) >= 11 is 1.35. The number of aryl methyl sites for hydroxylation is 1. The van der Waals surface area contributed by atoms with Gasteiger partial charge in [0, 0.05) is 12.3 Å². The molecule has 1 rings (SSSR count). The van der Waals surface area contributed by atoms with E-state index in [9.17, 15) is 8.42 Å². The van der Waals surface area contributed by atoms with Crippen LogP contribution in [0.15, 0.2) is 0 Å². The maximum absolute atomic E-state index is 11.2. The predicted octanol–water partition coefficient (Wildman–Crippen LogP) is 1.19. The van der Waals surface area contributed by atoms with Crippen molar-refractivity contribution < 1.29 is 8.42 Å². The summed E-state index contributed by atoms with van der Waals surface area (Å²) in [6.45, 7) is 2.09. The third kappa shape index (κ3) is 4.69. The van der Waals surface area contributed by atoms with E-state index in [2.05, 4.69) is 21.8 Å². The van der Waals surface area contributed by atoms with Gasteiger partial charge in [0.15, 0.2) is 0 Å². The van der Waals surface area contributed by atoms with E-state index in [1.54, 1.807) is 0 Å². The summed E-state index contributed by atoms with van der Waals surface area (Å²) in [6.07, 6.45) is 3.73. The van der Waals surface area contributed by atoms with Crippen molar-refractivity contribution >= 4 is 21.4 Å². The third-order valence-electron chi connectivity index (χ3n) is 2.51. The second-order valence-electron chi connectivity index (χ2n) is 4.09. The molecule has 1 aromatic heterocycles. The normalized spacial score (nSPS) is 13.8. The molecule has 1 N–H and O–H groups in total. The summed E-state index contributed by atoms with van der Waals surface area (Å²) in [5.41, 5.74) is 0.991. The number of rotatable bonds is 7. The van der Waals surface area contributed by atoms with E-state index in [1.165, 1.54) is 17.8 Å². The molecule has 0 fully saturated rings. The molecule has 5 nitrogen and oxygen atoms in total. The lowest BCUT2D eigenvalue weighted by molar-refractivity contribution is 0.560. The van der Waals surface area contributed by atoms with E-state index < -0.39 is 9.84 Å². The maximum atomic E-state index is 11.2. The molecule has 0 radical (unpaired) electrons. The summed E-state index contributed by atoms with van der Waals surface area (Å²) in [5.74, 6) is 0.183. The van der Waals surface area contributed by atoms with Crippen molar-refractivity contribution in [2.45, 2.75) is 32.2 Å². The average Bonchev–Trinajstić information content (AvgIpc) is 2.66. The lowest BCUT2D eigenvalue weighted by Gasteiger charge is -2.14. The number of nitrogens with one attached hydrogen (secondary N) is 1. The minimum atomic E-state index is -2.92. The first kappa shape index (κ1) is 14.5. The Balaban J connectivity index is 2.75. The molecule has 17 heavy (non-hydrogen) atoms. The summed E-state index contributed by atoms with van der Waals surface area (Å²) in [6, 6.07) is 0.0336. The van der Waals surface area contributed by atoms with Gasteiger partial charge in [0.1, 0.15) is 9.84 Å². The van der Waals surface area contributed by atoms with Crippen molar-refractivity contribution in [1.82, 2.24) is 14.9 Å². The van der Waals surface area contributed by atoms with Gasteiger partial charge in [-0.1, -0.05) is 17.8 Å². The zero-order valence-corrected chi connectivity index (χ0v) is 12.1. The molecule has 1 atom stereocenters. The minimum absolute atomic E-state index is 0.0336. The summed E-state index contributed by atoms with van der Waals surface area (Å²) in [5, 5.41) is 7.24. The Kier molecular flexibility index (Phi) is 5.48. The molecule has 1 aromatic rings. The average molecular weight is 277 g/mol. The van der Waals surface area contributed by atoms with Crippen molar-refractivity contribution in [3.05, 3.63) is 10.6 Å². The van der Waals surface area contributed by atoms with Gasteiger partial charge in [0.2, 0.25) is 0 Å². The predicted molar refractivity (Wildman–Crippen MR) is 70.0 cm³/mol. The number of hydrogen-bond donors (Lipinski definition) is 1. The van der Waals surface area contributed by atoms with Crippen LogP contribution in [0.1, 0.15) is 36.4 Å². The van der Waals surface area contributed by atoms with Crippen molar-refractivity contribution in [3.63, 3.8) is 0 Å². The zero-order valence-electron chi connectivity index (χ0n) is 10.4. The van der Waals surface area contributed by atoms with Crippen LogP contribution in [0.2, 0.25) is 0 Å². The van der Waals surface area contributed by atoms with Gasteiger partial charge >= 0.3 is 0 Å². The van der Waals surface area contributed by atoms with Crippen LogP contribution in [0, 0.1) is 0 Å². The molecule has 0 saturated carbocycles.